The summed E-state index contributed by atoms with van der Waals surface area (Å²) in [7, 11) is 1.36. The number of rotatable bonds is 9. The molecule has 3 rings (SSSR count). The number of carbonyl (C=O) groups excluding carboxylic acids is 2. The van der Waals surface area contributed by atoms with Gasteiger partial charge in [-0.25, -0.2) is 0 Å². The number of epoxide rings is 1. The summed E-state index contributed by atoms with van der Waals surface area (Å²) >= 11 is 0. The average Bonchev–Trinajstić information content (AvgIpc) is 3.60. The summed E-state index contributed by atoms with van der Waals surface area (Å²) in [4.78, 5) is 23.9. The smallest absolute Gasteiger partial charge is 0.308 e. The van der Waals surface area contributed by atoms with Crippen LogP contribution in [0.15, 0.2) is 36.0 Å². The van der Waals surface area contributed by atoms with Gasteiger partial charge in [-0.15, -0.1) is 0 Å². The molecule has 202 valence electrons. The minimum atomic E-state index is -0.777. The first-order chi connectivity index (χ1) is 17.0. The Kier molecular flexibility index (Phi) is 9.92. The van der Waals surface area contributed by atoms with Gasteiger partial charge in [0.15, 0.2) is 0 Å². The highest BCUT2D eigenvalue weighted by Crippen LogP contribution is 2.43. The first-order valence-corrected chi connectivity index (χ1v) is 13.1. The minimum Gasteiger partial charge on any atom is -0.469 e. The van der Waals surface area contributed by atoms with Gasteiger partial charge in [0.05, 0.1) is 44.5 Å². The highest BCUT2D eigenvalue weighted by molar-refractivity contribution is 5.87. The number of aliphatic hydroxyl groups is 1. The molecular weight excluding hydrogens is 462 g/mol. The first kappa shape index (κ1) is 28.6. The number of amides is 1. The molecule has 0 unspecified atom stereocenters. The Morgan fingerprint density at radius 1 is 1.22 bits per heavy atom. The maximum atomic E-state index is 12.2. The Morgan fingerprint density at radius 2 is 1.94 bits per heavy atom. The van der Waals surface area contributed by atoms with E-state index >= 15 is 0 Å². The summed E-state index contributed by atoms with van der Waals surface area (Å²) < 4.78 is 22.6. The highest BCUT2D eigenvalue weighted by Gasteiger charge is 2.58. The average molecular weight is 506 g/mol. The molecule has 3 saturated heterocycles. The van der Waals surface area contributed by atoms with E-state index in [1.54, 1.807) is 6.08 Å². The highest BCUT2D eigenvalue weighted by atomic mass is 16.6. The number of methoxy groups -OCH3 is 1. The zero-order chi connectivity index (χ0) is 26.5. The second kappa shape index (κ2) is 12.5. The van der Waals surface area contributed by atoms with Gasteiger partial charge in [-0.05, 0) is 44.6 Å². The predicted octanol–water partition coefficient (Wildman–Crippen LogP) is 3.24. The molecule has 3 aliphatic rings. The third-order valence-electron chi connectivity index (χ3n) is 7.31. The van der Waals surface area contributed by atoms with Crippen LogP contribution in [0, 0.1) is 11.8 Å². The van der Waals surface area contributed by atoms with Crippen molar-refractivity contribution in [2.75, 3.05) is 13.7 Å². The van der Waals surface area contributed by atoms with E-state index in [-0.39, 0.29) is 42.7 Å². The second-order valence-electron chi connectivity index (χ2n) is 10.9. The van der Waals surface area contributed by atoms with E-state index in [9.17, 15) is 14.7 Å². The van der Waals surface area contributed by atoms with Gasteiger partial charge < -0.3 is 29.4 Å². The van der Waals surface area contributed by atoms with Crippen molar-refractivity contribution in [2.45, 2.75) is 102 Å². The Balaban J connectivity index is 1.52. The minimum absolute atomic E-state index is 0.00891. The zero-order valence-electron chi connectivity index (χ0n) is 22.4. The summed E-state index contributed by atoms with van der Waals surface area (Å²) in [5.74, 6) is 0.217. The van der Waals surface area contributed by atoms with Crippen LogP contribution in [0.3, 0.4) is 0 Å². The van der Waals surface area contributed by atoms with Crippen molar-refractivity contribution in [3.8, 4) is 0 Å². The molecule has 0 aromatic heterocycles. The van der Waals surface area contributed by atoms with Crippen molar-refractivity contribution in [2.24, 2.45) is 11.8 Å². The van der Waals surface area contributed by atoms with Crippen LogP contribution >= 0.6 is 0 Å². The number of aliphatic hydroxyl groups excluding tert-OH is 1. The molecule has 3 fully saturated rings. The van der Waals surface area contributed by atoms with Gasteiger partial charge in [-0.2, -0.15) is 0 Å². The fraction of sp³-hybridized carbons (Fsp3) is 0.714. The number of nitrogens with one attached hydrogen (secondary N) is 1. The van der Waals surface area contributed by atoms with Gasteiger partial charge in [-0.3, -0.25) is 9.59 Å². The van der Waals surface area contributed by atoms with E-state index in [2.05, 4.69) is 18.3 Å². The molecule has 3 aliphatic heterocycles. The van der Waals surface area contributed by atoms with Gasteiger partial charge in [0.2, 0.25) is 5.91 Å². The van der Waals surface area contributed by atoms with Gasteiger partial charge in [0.25, 0.3) is 0 Å². The van der Waals surface area contributed by atoms with Crippen LogP contribution in [-0.2, 0) is 28.5 Å². The summed E-state index contributed by atoms with van der Waals surface area (Å²) in [6.07, 6.45) is 9.94. The molecule has 36 heavy (non-hydrogen) atoms. The third-order valence-corrected chi connectivity index (χ3v) is 7.31. The number of ether oxygens (including phenoxy) is 4. The van der Waals surface area contributed by atoms with E-state index in [4.69, 9.17) is 18.9 Å². The Hall–Kier alpha value is -2.00. The van der Waals surface area contributed by atoms with Crippen molar-refractivity contribution < 1.29 is 33.6 Å². The Morgan fingerprint density at radius 3 is 2.58 bits per heavy atom. The molecule has 1 amide bonds. The number of hydrogen-bond acceptors (Lipinski definition) is 7. The quantitative estimate of drug-likeness (QED) is 0.214. The number of esters is 1. The number of carbonyl (C=O) groups is 2. The van der Waals surface area contributed by atoms with Crippen LogP contribution in [0.2, 0.25) is 0 Å². The molecule has 8 nitrogen and oxygen atoms in total. The number of allylic oxidation sites excluding steroid dienone is 3. The number of hydrogen-bond donors (Lipinski definition) is 2. The lowest BCUT2D eigenvalue weighted by atomic mass is 9.87. The molecule has 0 aliphatic carbocycles. The van der Waals surface area contributed by atoms with Crippen LogP contribution in [0.4, 0.5) is 0 Å². The maximum absolute atomic E-state index is 12.2. The molecule has 1 spiro atoms. The van der Waals surface area contributed by atoms with Crippen molar-refractivity contribution in [1.29, 1.82) is 0 Å². The maximum Gasteiger partial charge on any atom is 0.308 e. The summed E-state index contributed by atoms with van der Waals surface area (Å²) in [6.45, 7) is 10.7. The molecule has 0 aromatic rings. The summed E-state index contributed by atoms with van der Waals surface area (Å²) in [5, 5.41) is 13.8. The van der Waals surface area contributed by atoms with E-state index < -0.39 is 17.8 Å². The summed E-state index contributed by atoms with van der Waals surface area (Å²) in [6, 6.07) is -0.00891. The van der Waals surface area contributed by atoms with Gasteiger partial charge in [0.1, 0.15) is 17.8 Å². The fourth-order valence-electron chi connectivity index (χ4n) is 4.91. The lowest BCUT2D eigenvalue weighted by Crippen LogP contribution is -2.50. The normalized spacial score (nSPS) is 37.1. The zero-order valence-corrected chi connectivity index (χ0v) is 22.4. The molecule has 8 atom stereocenters. The molecule has 8 heteroatoms. The van der Waals surface area contributed by atoms with Crippen LogP contribution in [-0.4, -0.2) is 72.9 Å². The van der Waals surface area contributed by atoms with Gasteiger partial charge >= 0.3 is 5.97 Å². The predicted molar refractivity (Wildman–Crippen MR) is 136 cm³/mol. The van der Waals surface area contributed by atoms with Crippen molar-refractivity contribution in [3.05, 3.63) is 36.0 Å². The van der Waals surface area contributed by atoms with Gasteiger partial charge in [0, 0.05) is 6.42 Å². The van der Waals surface area contributed by atoms with Crippen LogP contribution in [0.1, 0.15) is 60.3 Å². The van der Waals surface area contributed by atoms with Crippen molar-refractivity contribution >= 4 is 11.9 Å². The molecule has 0 aromatic carbocycles. The molecule has 2 N–H and O–H groups in total. The largest absolute Gasteiger partial charge is 0.469 e. The molecule has 3 heterocycles. The monoisotopic (exact) mass is 505 g/mol. The van der Waals surface area contributed by atoms with Crippen LogP contribution in [0.5, 0.6) is 0 Å². The van der Waals surface area contributed by atoms with Crippen molar-refractivity contribution in [3.63, 3.8) is 0 Å². The molecule has 0 bridgehead atoms. The standard InChI is InChI=1S/C28H43NO7/c1-17(2)7-12-25(30)29-22-13-19(4)23(35-20(22)5)10-8-18(3)9-11-24-27(32)28(16-34-28)15-21(36-24)14-26(31)33-6/h7-9,11-12,17,19-24,27,32H,10,13-16H2,1-6H3,(H,29,30)/b11-9+,12-7-,18-8+/t19-,20+,21+,22+,23-,24+,27+,28+/m0/s1. The van der Waals surface area contributed by atoms with Gasteiger partial charge in [-0.1, -0.05) is 50.6 Å². The van der Waals surface area contributed by atoms with E-state index in [1.807, 2.05) is 45.9 Å². The van der Waals surface area contributed by atoms with Crippen LogP contribution < -0.4 is 5.32 Å². The van der Waals surface area contributed by atoms with E-state index in [0.29, 0.717) is 24.9 Å². The van der Waals surface area contributed by atoms with E-state index in [0.717, 1.165) is 18.4 Å². The lowest BCUT2D eigenvalue weighted by molar-refractivity contribution is -0.157. The van der Waals surface area contributed by atoms with Crippen LogP contribution in [0.25, 0.3) is 0 Å². The molecule has 0 saturated carbocycles. The molecular formula is C28H43NO7. The summed E-state index contributed by atoms with van der Waals surface area (Å²) in [5.41, 5.74) is 0.408. The Bertz CT molecular complexity index is 860. The lowest BCUT2D eigenvalue weighted by Gasteiger charge is -2.39. The SMILES string of the molecule is COC(=O)C[C@@H]1C[C@@]2(CO2)[C@H](O)[C@@H](/C=C/C(C)=C/C[C@@H]2O[C@H](C)[C@H](NC(=O)/C=C\C(C)C)C[C@@H]2C)O1. The third kappa shape index (κ3) is 7.75. The fourth-order valence-corrected chi connectivity index (χ4v) is 4.91. The second-order valence-corrected chi connectivity index (χ2v) is 10.9. The van der Waals surface area contributed by atoms with Crippen molar-refractivity contribution in [1.82, 2.24) is 5.32 Å². The molecule has 0 radical (unpaired) electrons. The first-order valence-electron chi connectivity index (χ1n) is 13.1. The topological polar surface area (TPSA) is 107 Å². The Labute approximate surface area is 215 Å². The van der Waals surface area contributed by atoms with E-state index in [1.165, 1.54) is 7.11 Å².